The normalized spacial score (nSPS) is 16.6. The number of hydrogen-bond donors (Lipinski definition) is 5. The van der Waals surface area contributed by atoms with Crippen LogP contribution < -0.4 is 21.4 Å². The predicted molar refractivity (Wildman–Crippen MR) is 218 cm³/mol. The zero-order valence-corrected chi connectivity index (χ0v) is 34.8. The summed E-state index contributed by atoms with van der Waals surface area (Å²) < 4.78 is 9.65. The number of nitrogens with one attached hydrogen (secondary N) is 4. The van der Waals surface area contributed by atoms with Crippen LogP contribution >= 0.6 is 0 Å². The lowest BCUT2D eigenvalue weighted by molar-refractivity contribution is -0.141. The van der Waals surface area contributed by atoms with Crippen molar-refractivity contribution in [2.75, 3.05) is 27.3 Å². The van der Waals surface area contributed by atoms with Gasteiger partial charge in [-0.05, 0) is 60.1 Å². The molecule has 5 N–H and O–H groups in total. The molecule has 2 heterocycles. The standard InChI is InChI=1S/C43H59N7O8/c1-9-27(2)36(34-24-44-41(55)49(34)25-32-17-13-14-28(3)46-32)38(52)47-33(22-29-15-11-10-12-16-29)35(51)26-50(39(53)37(43(4,5)6)48-42(56)58-8)45-23-30-18-20-31(21-19-30)40(54)57-7/h10-21,27,33-37,45,51H,9,22-26H2,1-8H3,(H,44,55)(H,47,52)(H,48,56)/t27-,33-,34?,35-,36-,37+/m0/s1. The number of aliphatic hydroxyl groups is 1. The fraction of sp³-hybridized carbons (Fsp3) is 0.488. The number of alkyl carbamates (subject to hydrolysis) is 1. The number of methoxy groups -OCH3 is 2. The molecular formula is C43H59N7O8. The quantitative estimate of drug-likeness (QED) is 0.0924. The second-order valence-electron chi connectivity index (χ2n) is 15.8. The van der Waals surface area contributed by atoms with Gasteiger partial charge >= 0.3 is 18.1 Å². The Bertz CT molecular complexity index is 1850. The van der Waals surface area contributed by atoms with Gasteiger partial charge in [-0.3, -0.25) is 19.6 Å². The van der Waals surface area contributed by atoms with Crippen LogP contribution in [0.15, 0.2) is 72.8 Å². The van der Waals surface area contributed by atoms with E-state index in [1.165, 1.54) is 19.2 Å². The summed E-state index contributed by atoms with van der Waals surface area (Å²) >= 11 is 0. The van der Waals surface area contributed by atoms with Crippen molar-refractivity contribution in [3.05, 3.63) is 101 Å². The number of esters is 1. The van der Waals surface area contributed by atoms with E-state index in [0.717, 1.165) is 11.3 Å². The fourth-order valence-electron chi connectivity index (χ4n) is 7.01. The minimum absolute atomic E-state index is 0.106. The summed E-state index contributed by atoms with van der Waals surface area (Å²) in [5.74, 6) is -2.19. The Kier molecular flexibility index (Phi) is 16.2. The number of ether oxygens (including phenoxy) is 2. The molecule has 1 fully saturated rings. The highest BCUT2D eigenvalue weighted by Gasteiger charge is 2.44. The maximum absolute atomic E-state index is 14.6. The number of urea groups is 1. The van der Waals surface area contributed by atoms with E-state index < -0.39 is 53.5 Å². The summed E-state index contributed by atoms with van der Waals surface area (Å²) in [4.78, 5) is 73.0. The Hall–Kier alpha value is -5.54. The first-order valence-corrected chi connectivity index (χ1v) is 19.6. The number of aliphatic hydroxyl groups excluding tert-OH is 1. The molecule has 0 radical (unpaired) electrons. The maximum Gasteiger partial charge on any atom is 0.407 e. The van der Waals surface area contributed by atoms with E-state index in [4.69, 9.17) is 9.47 Å². The molecule has 5 amide bonds. The molecule has 1 unspecified atom stereocenters. The van der Waals surface area contributed by atoms with Gasteiger partial charge in [0.05, 0.1) is 62.7 Å². The molecular weight excluding hydrogens is 743 g/mol. The lowest BCUT2D eigenvalue weighted by Gasteiger charge is -2.37. The molecule has 314 valence electrons. The maximum atomic E-state index is 14.6. The molecule has 6 atom stereocenters. The number of carbonyl (C=O) groups excluding carboxylic acids is 5. The van der Waals surface area contributed by atoms with E-state index in [-0.39, 0.29) is 50.5 Å². The number of aromatic nitrogens is 1. The fourth-order valence-corrected chi connectivity index (χ4v) is 7.01. The molecule has 58 heavy (non-hydrogen) atoms. The summed E-state index contributed by atoms with van der Waals surface area (Å²) in [5, 5.41) is 22.1. The van der Waals surface area contributed by atoms with Crippen LogP contribution in [0.4, 0.5) is 9.59 Å². The van der Waals surface area contributed by atoms with Gasteiger partial charge in [0.1, 0.15) is 6.04 Å². The van der Waals surface area contributed by atoms with Crippen molar-refractivity contribution in [3.8, 4) is 0 Å². The second kappa shape index (κ2) is 20.8. The Labute approximate surface area is 341 Å². The van der Waals surface area contributed by atoms with Gasteiger partial charge in [-0.15, -0.1) is 0 Å². The number of carbonyl (C=O) groups is 5. The van der Waals surface area contributed by atoms with Crippen molar-refractivity contribution in [2.24, 2.45) is 17.3 Å². The highest BCUT2D eigenvalue weighted by atomic mass is 16.5. The predicted octanol–water partition coefficient (Wildman–Crippen LogP) is 4.13. The van der Waals surface area contributed by atoms with Crippen molar-refractivity contribution in [2.45, 2.75) is 91.7 Å². The van der Waals surface area contributed by atoms with E-state index in [2.05, 4.69) is 26.4 Å². The molecule has 1 aliphatic rings. The number of amides is 5. The molecule has 1 saturated heterocycles. The van der Waals surface area contributed by atoms with E-state index in [1.54, 1.807) is 49.9 Å². The molecule has 1 aliphatic heterocycles. The monoisotopic (exact) mass is 801 g/mol. The zero-order valence-electron chi connectivity index (χ0n) is 34.8. The summed E-state index contributed by atoms with van der Waals surface area (Å²) in [6.45, 7) is 11.5. The van der Waals surface area contributed by atoms with Crippen LogP contribution in [-0.2, 0) is 38.6 Å². The highest BCUT2D eigenvalue weighted by molar-refractivity contribution is 5.89. The Morgan fingerprint density at radius 2 is 1.66 bits per heavy atom. The van der Waals surface area contributed by atoms with Crippen molar-refractivity contribution in [1.82, 2.24) is 36.3 Å². The Morgan fingerprint density at radius 1 is 0.966 bits per heavy atom. The van der Waals surface area contributed by atoms with Crippen LogP contribution in [0.5, 0.6) is 0 Å². The van der Waals surface area contributed by atoms with E-state index in [9.17, 15) is 29.1 Å². The van der Waals surface area contributed by atoms with Gasteiger partial charge in [-0.2, -0.15) is 0 Å². The Balaban J connectivity index is 1.66. The third-order valence-corrected chi connectivity index (χ3v) is 10.5. The van der Waals surface area contributed by atoms with Crippen LogP contribution in [0.3, 0.4) is 0 Å². The molecule has 0 bridgehead atoms. The van der Waals surface area contributed by atoms with Crippen LogP contribution in [0.2, 0.25) is 0 Å². The van der Waals surface area contributed by atoms with Crippen molar-refractivity contribution < 1.29 is 38.6 Å². The molecule has 15 heteroatoms. The molecule has 4 rings (SSSR count). The average molecular weight is 802 g/mol. The third kappa shape index (κ3) is 12.2. The molecule has 0 saturated carbocycles. The van der Waals surface area contributed by atoms with Gasteiger partial charge in [0, 0.05) is 18.8 Å². The average Bonchev–Trinajstić information content (AvgIpc) is 3.55. The minimum Gasteiger partial charge on any atom is -0.465 e. The molecule has 2 aromatic carbocycles. The molecule has 3 aromatic rings. The number of nitrogens with zero attached hydrogens (tertiary/aromatic N) is 3. The van der Waals surface area contributed by atoms with Gasteiger partial charge in [-0.1, -0.05) is 89.6 Å². The van der Waals surface area contributed by atoms with Crippen molar-refractivity contribution in [1.29, 1.82) is 0 Å². The zero-order chi connectivity index (χ0) is 42.6. The van der Waals surface area contributed by atoms with Gasteiger partial charge < -0.3 is 35.4 Å². The van der Waals surface area contributed by atoms with Gasteiger partial charge in [0.25, 0.3) is 5.91 Å². The lowest BCUT2D eigenvalue weighted by Crippen LogP contribution is -2.61. The lowest BCUT2D eigenvalue weighted by atomic mass is 9.83. The van der Waals surface area contributed by atoms with Gasteiger partial charge in [0.15, 0.2) is 0 Å². The largest absolute Gasteiger partial charge is 0.465 e. The minimum atomic E-state index is -1.32. The van der Waals surface area contributed by atoms with Gasteiger partial charge in [-0.25, -0.2) is 19.8 Å². The number of pyridine rings is 1. The number of hydrogen-bond acceptors (Lipinski definition) is 10. The number of rotatable bonds is 18. The smallest absolute Gasteiger partial charge is 0.407 e. The van der Waals surface area contributed by atoms with E-state index in [0.29, 0.717) is 23.2 Å². The first-order valence-electron chi connectivity index (χ1n) is 19.6. The summed E-state index contributed by atoms with van der Waals surface area (Å²) in [6, 6.07) is 18.9. The van der Waals surface area contributed by atoms with Gasteiger partial charge in [0.2, 0.25) is 5.91 Å². The summed E-state index contributed by atoms with van der Waals surface area (Å²) in [7, 11) is 2.50. The van der Waals surface area contributed by atoms with Crippen molar-refractivity contribution >= 4 is 29.9 Å². The van der Waals surface area contributed by atoms with Crippen LogP contribution in [0.25, 0.3) is 0 Å². The first kappa shape index (κ1) is 45.2. The SMILES string of the molecule is CC[C@H](C)[C@H](C(=O)N[C@@H](Cc1ccccc1)[C@@H](O)CN(NCc1ccc(C(=O)OC)cc1)C(=O)[C@@H](NC(=O)OC)C(C)(C)C)C1CNC(=O)N1Cc1cccc(C)n1. The first-order chi connectivity index (χ1) is 27.6. The summed E-state index contributed by atoms with van der Waals surface area (Å²) in [6.07, 6.45) is -1.25. The molecule has 1 aromatic heterocycles. The Morgan fingerprint density at radius 3 is 2.26 bits per heavy atom. The van der Waals surface area contributed by atoms with E-state index in [1.807, 2.05) is 69.3 Å². The number of benzene rings is 2. The van der Waals surface area contributed by atoms with Crippen LogP contribution in [-0.4, -0.2) is 101 Å². The molecule has 0 spiro atoms. The number of hydrazine groups is 1. The summed E-state index contributed by atoms with van der Waals surface area (Å²) in [5.41, 5.74) is 5.76. The molecule has 0 aliphatic carbocycles. The van der Waals surface area contributed by atoms with Crippen LogP contribution in [0, 0.1) is 24.2 Å². The third-order valence-electron chi connectivity index (χ3n) is 10.5. The van der Waals surface area contributed by atoms with Crippen molar-refractivity contribution in [3.63, 3.8) is 0 Å². The topological polar surface area (TPSA) is 192 Å². The van der Waals surface area contributed by atoms with Crippen LogP contribution in [0.1, 0.15) is 73.9 Å². The highest BCUT2D eigenvalue weighted by Crippen LogP contribution is 2.28. The second-order valence-corrected chi connectivity index (χ2v) is 15.8. The molecule has 15 nitrogen and oxygen atoms in total. The number of aryl methyl sites for hydroxylation is 1. The van der Waals surface area contributed by atoms with E-state index >= 15 is 0 Å².